The molecule has 1 saturated heterocycles. The number of nitrogens with two attached hydrogens (primary N) is 1. The van der Waals surface area contributed by atoms with E-state index in [1.165, 1.54) is 23.8 Å². The molecule has 0 spiro atoms. The number of thioether (sulfide) groups is 1. The average molecular weight is 543 g/mol. The summed E-state index contributed by atoms with van der Waals surface area (Å²) in [5, 5.41) is 20.1. The summed E-state index contributed by atoms with van der Waals surface area (Å²) < 4.78 is 7.58. The molecule has 0 radical (unpaired) electrons. The van der Waals surface area contributed by atoms with Gasteiger partial charge in [0.2, 0.25) is 11.5 Å². The fourth-order valence-electron chi connectivity index (χ4n) is 3.94. The standard InChI is InChI=1S/C21H19N9O5S2/c1-28-7-8-29-12(28)6-5-11(25-29)4-3-10-9-36-19-14(18(32)30(19)15(10)20(33)34)23-17(31)13(26-35-2)16-24-21(22)37-27-16/h3-8,14,19H,9H2,1-2H3,(H3-,22,23,24,27,31,33,34)/p+1/b4-3+,26-13-/t14-,19-/m1/s1. The number of aromatic nitrogens is 5. The monoisotopic (exact) mass is 542 g/mol. The zero-order valence-corrected chi connectivity index (χ0v) is 21.1. The first-order chi connectivity index (χ1) is 17.8. The lowest BCUT2D eigenvalue weighted by molar-refractivity contribution is -0.644. The maximum Gasteiger partial charge on any atom is 0.352 e. The van der Waals surface area contributed by atoms with Crippen LogP contribution < -0.4 is 15.6 Å². The molecule has 0 saturated carbocycles. The summed E-state index contributed by atoms with van der Waals surface area (Å²) in [7, 11) is 3.16. The molecule has 2 atom stereocenters. The van der Waals surface area contributed by atoms with Crippen LogP contribution in [0.1, 0.15) is 11.5 Å². The Morgan fingerprint density at radius 3 is 2.89 bits per heavy atom. The van der Waals surface area contributed by atoms with Gasteiger partial charge in [-0.15, -0.1) is 16.3 Å². The van der Waals surface area contributed by atoms with Gasteiger partial charge >= 0.3 is 11.6 Å². The third-order valence-electron chi connectivity index (χ3n) is 5.65. The quantitative estimate of drug-likeness (QED) is 0.151. The number of carboxylic acids is 1. The lowest BCUT2D eigenvalue weighted by Gasteiger charge is -2.49. The van der Waals surface area contributed by atoms with Crippen LogP contribution in [-0.4, -0.2) is 76.8 Å². The van der Waals surface area contributed by atoms with Crippen LogP contribution in [0.4, 0.5) is 5.13 Å². The number of β-lactam (4-membered cyclic amide) rings is 1. The Bertz CT molecular complexity index is 1530. The minimum Gasteiger partial charge on any atom is -0.477 e. The van der Waals surface area contributed by atoms with E-state index in [0.29, 0.717) is 17.0 Å². The van der Waals surface area contributed by atoms with Crippen LogP contribution in [0.3, 0.4) is 0 Å². The fraction of sp³-hybridized carbons (Fsp3) is 0.238. The van der Waals surface area contributed by atoms with E-state index in [1.807, 2.05) is 36.1 Å². The molecule has 2 aliphatic heterocycles. The number of nitrogens with zero attached hydrogens (tertiary/aromatic N) is 7. The van der Waals surface area contributed by atoms with Crippen molar-refractivity contribution >= 4 is 63.6 Å². The van der Waals surface area contributed by atoms with Crippen molar-refractivity contribution < 1.29 is 28.9 Å². The number of carboxylic acid groups (broad SMARTS) is 1. The van der Waals surface area contributed by atoms with Crippen molar-refractivity contribution in [2.45, 2.75) is 11.4 Å². The summed E-state index contributed by atoms with van der Waals surface area (Å²) in [6.45, 7) is 0. The lowest BCUT2D eigenvalue weighted by atomic mass is 10.0. The Morgan fingerprint density at radius 2 is 2.19 bits per heavy atom. The van der Waals surface area contributed by atoms with Gasteiger partial charge < -0.3 is 21.0 Å². The van der Waals surface area contributed by atoms with Crippen molar-refractivity contribution in [1.82, 2.24) is 29.2 Å². The molecule has 1 fully saturated rings. The van der Waals surface area contributed by atoms with E-state index < -0.39 is 29.2 Å². The third kappa shape index (κ3) is 4.40. The Balaban J connectivity index is 1.35. The van der Waals surface area contributed by atoms with E-state index in [0.717, 1.165) is 17.2 Å². The largest absolute Gasteiger partial charge is 0.477 e. The number of hydrogen-bond acceptors (Lipinski definition) is 11. The summed E-state index contributed by atoms with van der Waals surface area (Å²) in [6.07, 6.45) is 7.02. The molecule has 0 bridgehead atoms. The minimum absolute atomic E-state index is 0.0409. The van der Waals surface area contributed by atoms with E-state index >= 15 is 0 Å². The first-order valence-corrected chi connectivity index (χ1v) is 12.6. The van der Waals surface area contributed by atoms with Crippen LogP contribution in [0.15, 0.2) is 47.0 Å². The Hall–Kier alpha value is -4.31. The van der Waals surface area contributed by atoms with Crippen molar-refractivity contribution in [1.29, 1.82) is 0 Å². The van der Waals surface area contributed by atoms with Crippen LogP contribution >= 0.6 is 23.3 Å². The van der Waals surface area contributed by atoms with Gasteiger partial charge in [-0.1, -0.05) is 16.3 Å². The highest BCUT2D eigenvalue weighted by Gasteiger charge is 2.54. The first kappa shape index (κ1) is 24.4. The molecule has 5 heterocycles. The summed E-state index contributed by atoms with van der Waals surface area (Å²) >= 11 is 2.21. The van der Waals surface area contributed by atoms with E-state index in [9.17, 15) is 19.5 Å². The topological polar surface area (TPSA) is 181 Å². The molecule has 37 heavy (non-hydrogen) atoms. The Morgan fingerprint density at radius 1 is 1.38 bits per heavy atom. The highest BCUT2D eigenvalue weighted by Crippen LogP contribution is 2.40. The number of hydrogen-bond donors (Lipinski definition) is 3. The van der Waals surface area contributed by atoms with Gasteiger partial charge in [-0.3, -0.25) is 14.5 Å². The number of aryl methyl sites for hydroxylation is 1. The first-order valence-electron chi connectivity index (χ1n) is 10.7. The number of nitrogen functional groups attached to an aromatic ring is 1. The van der Waals surface area contributed by atoms with Gasteiger partial charge in [0.1, 0.15) is 36.1 Å². The van der Waals surface area contributed by atoms with E-state index in [1.54, 1.807) is 16.7 Å². The molecule has 3 aromatic heterocycles. The SMILES string of the molecule is CO/N=C(\C(=O)N[C@@H]1C(=O)N2C(C(=O)O)=C(/C=C/c3ccc4n(cc[n+]4C)n3)CS[C@H]12)c1nsc(N)n1. The van der Waals surface area contributed by atoms with Crippen LogP contribution in [0.5, 0.6) is 0 Å². The second-order valence-electron chi connectivity index (χ2n) is 7.92. The second kappa shape index (κ2) is 9.62. The zero-order chi connectivity index (χ0) is 26.3. The number of nitrogens with one attached hydrogen (secondary N) is 1. The minimum atomic E-state index is -1.24. The van der Waals surface area contributed by atoms with Crippen molar-refractivity contribution in [3.63, 3.8) is 0 Å². The highest BCUT2D eigenvalue weighted by molar-refractivity contribution is 8.00. The van der Waals surface area contributed by atoms with Gasteiger partial charge in [0.15, 0.2) is 11.3 Å². The predicted octanol–water partition coefficient (Wildman–Crippen LogP) is -0.605. The molecule has 16 heteroatoms. The maximum atomic E-state index is 13.0. The number of rotatable bonds is 7. The predicted molar refractivity (Wildman–Crippen MR) is 133 cm³/mol. The van der Waals surface area contributed by atoms with Crippen molar-refractivity contribution in [3.05, 3.63) is 53.4 Å². The highest BCUT2D eigenvalue weighted by atomic mass is 32.2. The molecule has 0 aliphatic carbocycles. The van der Waals surface area contributed by atoms with Gasteiger partial charge in [-0.2, -0.15) is 9.36 Å². The zero-order valence-electron chi connectivity index (χ0n) is 19.4. The Labute approximate surface area is 217 Å². The maximum absolute atomic E-state index is 13.0. The average Bonchev–Trinajstić information content (AvgIpc) is 3.48. The second-order valence-corrected chi connectivity index (χ2v) is 9.81. The summed E-state index contributed by atoms with van der Waals surface area (Å²) in [5.74, 6) is -2.28. The molecule has 4 N–H and O–H groups in total. The molecule has 0 unspecified atom stereocenters. The van der Waals surface area contributed by atoms with Gasteiger partial charge in [0.05, 0.1) is 7.05 Å². The number of anilines is 1. The normalized spacial score (nSPS) is 19.8. The number of oxime groups is 1. The number of carbonyl (C=O) groups is 3. The summed E-state index contributed by atoms with van der Waals surface area (Å²) in [6, 6.07) is 2.75. The number of imidazole rings is 1. The molecule has 3 aromatic rings. The van der Waals surface area contributed by atoms with E-state index in [-0.39, 0.29) is 22.4 Å². The molecule has 5 rings (SSSR count). The van der Waals surface area contributed by atoms with Crippen molar-refractivity contribution in [3.8, 4) is 0 Å². The van der Waals surface area contributed by atoms with Crippen molar-refractivity contribution in [2.75, 3.05) is 18.6 Å². The molecular weight excluding hydrogens is 522 g/mol. The smallest absolute Gasteiger partial charge is 0.352 e. The van der Waals surface area contributed by atoms with Gasteiger partial charge in [-0.25, -0.2) is 9.36 Å². The summed E-state index contributed by atoms with van der Waals surface area (Å²) in [5.41, 5.74) is 7.17. The van der Waals surface area contributed by atoms with E-state index in [4.69, 9.17) is 10.6 Å². The van der Waals surface area contributed by atoms with Gasteiger partial charge in [-0.05, 0) is 17.7 Å². The molecule has 2 amide bonds. The number of aliphatic carboxylic acids is 1. The van der Waals surface area contributed by atoms with Gasteiger partial charge in [0, 0.05) is 23.4 Å². The number of amides is 2. The lowest BCUT2D eigenvalue weighted by Crippen LogP contribution is -2.71. The van der Waals surface area contributed by atoms with Crippen LogP contribution in [-0.2, 0) is 26.3 Å². The Kier molecular flexibility index (Phi) is 6.34. The van der Waals surface area contributed by atoms with E-state index in [2.05, 4.69) is 24.9 Å². The number of allylic oxidation sites excluding steroid dienone is 1. The molecule has 14 nitrogen and oxygen atoms in total. The molecule has 2 aliphatic rings. The van der Waals surface area contributed by atoms with Crippen LogP contribution in [0.25, 0.3) is 11.7 Å². The van der Waals surface area contributed by atoms with Crippen LogP contribution in [0.2, 0.25) is 0 Å². The number of carbonyl (C=O) groups excluding carboxylic acids is 2. The molecular formula is C21H20N9O5S2+. The van der Waals surface area contributed by atoms with Crippen LogP contribution in [0, 0.1) is 0 Å². The molecule has 190 valence electrons. The molecule has 0 aromatic carbocycles. The summed E-state index contributed by atoms with van der Waals surface area (Å²) in [4.78, 5) is 47.8. The van der Waals surface area contributed by atoms with Gasteiger partial charge in [0.25, 0.3) is 11.8 Å². The third-order valence-corrected chi connectivity index (χ3v) is 7.49. The van der Waals surface area contributed by atoms with Crippen molar-refractivity contribution in [2.24, 2.45) is 12.2 Å². The number of fused-ring (bicyclic) bond motifs is 2. The fourth-order valence-corrected chi connectivity index (χ4v) is 5.69.